The van der Waals surface area contributed by atoms with Crippen molar-refractivity contribution >= 4 is 11.1 Å². The third kappa shape index (κ3) is 2.09. The molecule has 4 rings (SSSR count). The summed E-state index contributed by atoms with van der Waals surface area (Å²) in [4.78, 5) is 8.89. The molecule has 4 aromatic rings. The van der Waals surface area contributed by atoms with Crippen molar-refractivity contribution in [1.82, 2.24) is 9.97 Å². The van der Waals surface area contributed by atoms with Crippen molar-refractivity contribution in [2.45, 2.75) is 0 Å². The standard InChI is InChI=1S/C18H12N2O/c1-2-5-13(6-3-1)15-12-21-17-9-8-16(20-18(15)17)14-7-4-10-19-11-14/h1-12H. The zero-order valence-corrected chi connectivity index (χ0v) is 11.2. The summed E-state index contributed by atoms with van der Waals surface area (Å²) in [6.07, 6.45) is 5.34. The van der Waals surface area contributed by atoms with E-state index in [2.05, 4.69) is 17.1 Å². The van der Waals surface area contributed by atoms with Crippen molar-refractivity contribution in [3.8, 4) is 22.4 Å². The van der Waals surface area contributed by atoms with E-state index < -0.39 is 0 Å². The number of benzene rings is 1. The molecule has 0 aliphatic heterocycles. The monoisotopic (exact) mass is 272 g/mol. The molecule has 0 unspecified atom stereocenters. The predicted octanol–water partition coefficient (Wildman–Crippen LogP) is 4.56. The van der Waals surface area contributed by atoms with Crippen LogP contribution in [0.5, 0.6) is 0 Å². The Kier molecular flexibility index (Phi) is 2.75. The van der Waals surface area contributed by atoms with E-state index in [-0.39, 0.29) is 0 Å². The SMILES string of the molecule is c1ccc(-c2coc3ccc(-c4cccnc4)nc23)cc1. The smallest absolute Gasteiger partial charge is 0.153 e. The summed E-state index contributed by atoms with van der Waals surface area (Å²) in [5, 5.41) is 0. The number of nitrogens with zero attached hydrogens (tertiary/aromatic N) is 2. The fourth-order valence-electron chi connectivity index (χ4n) is 2.41. The molecule has 0 saturated heterocycles. The van der Waals surface area contributed by atoms with Crippen LogP contribution in [0.1, 0.15) is 0 Å². The number of aromatic nitrogens is 2. The molecule has 0 aliphatic rings. The minimum atomic E-state index is 0.793. The van der Waals surface area contributed by atoms with Gasteiger partial charge in [-0.25, -0.2) is 4.98 Å². The summed E-state index contributed by atoms with van der Waals surface area (Å²) in [6, 6.07) is 18.0. The van der Waals surface area contributed by atoms with Gasteiger partial charge < -0.3 is 4.42 Å². The van der Waals surface area contributed by atoms with E-state index in [0.29, 0.717) is 0 Å². The van der Waals surface area contributed by atoms with Gasteiger partial charge in [0.1, 0.15) is 11.8 Å². The maximum atomic E-state index is 5.62. The number of fused-ring (bicyclic) bond motifs is 1. The second kappa shape index (κ2) is 4.87. The van der Waals surface area contributed by atoms with E-state index in [9.17, 15) is 0 Å². The Morgan fingerprint density at radius 1 is 0.810 bits per heavy atom. The number of hydrogen-bond donors (Lipinski definition) is 0. The first-order chi connectivity index (χ1) is 10.4. The highest BCUT2D eigenvalue weighted by Gasteiger charge is 2.10. The molecule has 0 spiro atoms. The number of pyridine rings is 2. The molecule has 0 bridgehead atoms. The normalized spacial score (nSPS) is 10.9. The molecule has 0 radical (unpaired) electrons. The van der Waals surface area contributed by atoms with Crippen molar-refractivity contribution in [1.29, 1.82) is 0 Å². The van der Waals surface area contributed by atoms with Gasteiger partial charge in [-0.3, -0.25) is 4.98 Å². The molecule has 3 aromatic heterocycles. The Hall–Kier alpha value is -2.94. The Labute approximate surface area is 121 Å². The highest BCUT2D eigenvalue weighted by atomic mass is 16.3. The second-order valence-electron chi connectivity index (χ2n) is 4.80. The van der Waals surface area contributed by atoms with Gasteiger partial charge in [-0.15, -0.1) is 0 Å². The summed E-state index contributed by atoms with van der Waals surface area (Å²) in [6.45, 7) is 0. The van der Waals surface area contributed by atoms with Gasteiger partial charge in [-0.05, 0) is 29.8 Å². The van der Waals surface area contributed by atoms with Gasteiger partial charge in [-0.1, -0.05) is 30.3 Å². The first kappa shape index (κ1) is 11.9. The van der Waals surface area contributed by atoms with Crippen LogP contribution in [-0.2, 0) is 0 Å². The highest BCUT2D eigenvalue weighted by molar-refractivity contribution is 5.91. The van der Waals surface area contributed by atoms with Crippen LogP contribution < -0.4 is 0 Å². The molecule has 3 nitrogen and oxygen atoms in total. The Balaban J connectivity index is 1.91. The molecule has 0 amide bonds. The van der Waals surface area contributed by atoms with Crippen LogP contribution in [0.15, 0.2) is 77.7 Å². The van der Waals surface area contributed by atoms with Gasteiger partial charge in [0.25, 0.3) is 0 Å². The Bertz CT molecular complexity index is 883. The van der Waals surface area contributed by atoms with Gasteiger partial charge in [0.05, 0.1) is 5.69 Å². The largest absolute Gasteiger partial charge is 0.462 e. The molecule has 0 saturated carbocycles. The van der Waals surface area contributed by atoms with E-state index in [1.54, 1.807) is 12.5 Å². The molecule has 0 aliphatic carbocycles. The fourth-order valence-corrected chi connectivity index (χ4v) is 2.41. The molecular weight excluding hydrogens is 260 g/mol. The third-order valence-electron chi connectivity index (χ3n) is 3.46. The zero-order valence-electron chi connectivity index (χ0n) is 11.2. The predicted molar refractivity (Wildman–Crippen MR) is 82.7 cm³/mol. The van der Waals surface area contributed by atoms with Crippen molar-refractivity contribution in [3.05, 3.63) is 73.3 Å². The summed E-state index contributed by atoms with van der Waals surface area (Å²) in [5.41, 5.74) is 5.68. The molecule has 100 valence electrons. The van der Waals surface area contributed by atoms with Crippen LogP contribution in [0.4, 0.5) is 0 Å². The average Bonchev–Trinajstić information content (AvgIpc) is 2.99. The van der Waals surface area contributed by atoms with Crippen LogP contribution in [0.2, 0.25) is 0 Å². The first-order valence-electron chi connectivity index (χ1n) is 6.76. The Morgan fingerprint density at radius 2 is 1.67 bits per heavy atom. The van der Waals surface area contributed by atoms with E-state index in [4.69, 9.17) is 9.40 Å². The highest BCUT2D eigenvalue weighted by Crippen LogP contribution is 2.30. The van der Waals surface area contributed by atoms with Crippen LogP contribution >= 0.6 is 0 Å². The van der Waals surface area contributed by atoms with Crippen molar-refractivity contribution in [2.75, 3.05) is 0 Å². The van der Waals surface area contributed by atoms with E-state index in [0.717, 1.165) is 33.5 Å². The van der Waals surface area contributed by atoms with E-state index in [1.165, 1.54) is 0 Å². The maximum absolute atomic E-state index is 5.62. The lowest BCUT2D eigenvalue weighted by Crippen LogP contribution is -1.85. The van der Waals surface area contributed by atoms with Gasteiger partial charge in [0.2, 0.25) is 0 Å². The van der Waals surface area contributed by atoms with Gasteiger partial charge in [0.15, 0.2) is 5.58 Å². The second-order valence-corrected chi connectivity index (χ2v) is 4.80. The minimum absolute atomic E-state index is 0.793. The van der Waals surface area contributed by atoms with E-state index >= 15 is 0 Å². The molecule has 1 aromatic carbocycles. The lowest BCUT2D eigenvalue weighted by Gasteiger charge is -2.01. The zero-order chi connectivity index (χ0) is 14.1. The molecule has 21 heavy (non-hydrogen) atoms. The van der Waals surface area contributed by atoms with Gasteiger partial charge in [0, 0.05) is 23.5 Å². The van der Waals surface area contributed by atoms with Crippen LogP contribution in [0.3, 0.4) is 0 Å². The van der Waals surface area contributed by atoms with Gasteiger partial charge in [-0.2, -0.15) is 0 Å². The quantitative estimate of drug-likeness (QED) is 0.537. The summed E-state index contributed by atoms with van der Waals surface area (Å²) >= 11 is 0. The molecule has 0 fully saturated rings. The summed E-state index contributed by atoms with van der Waals surface area (Å²) in [5.74, 6) is 0. The maximum Gasteiger partial charge on any atom is 0.153 e. The topological polar surface area (TPSA) is 38.9 Å². The van der Waals surface area contributed by atoms with Crippen LogP contribution in [0, 0.1) is 0 Å². The molecule has 3 heteroatoms. The van der Waals surface area contributed by atoms with E-state index in [1.807, 2.05) is 48.7 Å². The number of hydrogen-bond acceptors (Lipinski definition) is 3. The van der Waals surface area contributed by atoms with Crippen molar-refractivity contribution in [2.24, 2.45) is 0 Å². The Morgan fingerprint density at radius 3 is 2.48 bits per heavy atom. The third-order valence-corrected chi connectivity index (χ3v) is 3.46. The van der Waals surface area contributed by atoms with Crippen molar-refractivity contribution < 1.29 is 4.42 Å². The fraction of sp³-hybridized carbons (Fsp3) is 0. The average molecular weight is 272 g/mol. The molecular formula is C18H12N2O. The molecule has 0 atom stereocenters. The lowest BCUT2D eigenvalue weighted by atomic mass is 10.1. The van der Waals surface area contributed by atoms with Crippen LogP contribution in [-0.4, -0.2) is 9.97 Å². The number of rotatable bonds is 2. The molecule has 0 N–H and O–H groups in total. The van der Waals surface area contributed by atoms with Crippen molar-refractivity contribution in [3.63, 3.8) is 0 Å². The lowest BCUT2D eigenvalue weighted by molar-refractivity contribution is 0.616. The number of furan rings is 1. The van der Waals surface area contributed by atoms with Crippen LogP contribution in [0.25, 0.3) is 33.5 Å². The minimum Gasteiger partial charge on any atom is -0.462 e. The summed E-state index contributed by atoms with van der Waals surface area (Å²) in [7, 11) is 0. The van der Waals surface area contributed by atoms with Gasteiger partial charge >= 0.3 is 0 Å². The summed E-state index contributed by atoms with van der Waals surface area (Å²) < 4.78 is 5.62. The molecule has 3 heterocycles. The first-order valence-corrected chi connectivity index (χ1v) is 6.76.